The number of rotatable bonds is 8. The largest absolute Gasteiger partial charge is 0.492 e. The number of aromatic nitrogens is 2. The summed E-state index contributed by atoms with van der Waals surface area (Å²) in [5.41, 5.74) is 2.34. The highest BCUT2D eigenvalue weighted by Gasteiger charge is 2.02. The van der Waals surface area contributed by atoms with Gasteiger partial charge >= 0.3 is 0 Å². The summed E-state index contributed by atoms with van der Waals surface area (Å²) in [4.78, 5) is 4.23. The van der Waals surface area contributed by atoms with Crippen LogP contribution >= 0.6 is 0 Å². The molecule has 2 N–H and O–H groups in total. The number of ether oxygens (including phenoxy) is 1. The van der Waals surface area contributed by atoms with Crippen molar-refractivity contribution in [3.63, 3.8) is 0 Å². The van der Waals surface area contributed by atoms with Gasteiger partial charge in [-0.15, -0.1) is 0 Å². The lowest BCUT2D eigenvalue weighted by Gasteiger charge is -2.12. The second kappa shape index (κ2) is 10.0. The van der Waals surface area contributed by atoms with E-state index in [0.29, 0.717) is 19.7 Å². The summed E-state index contributed by atoms with van der Waals surface area (Å²) in [6, 6.07) is 20.1. The number of benzene rings is 2. The van der Waals surface area contributed by atoms with Gasteiger partial charge in [0, 0.05) is 25.4 Å². The van der Waals surface area contributed by atoms with Gasteiger partial charge in [0.05, 0.1) is 19.3 Å². The van der Waals surface area contributed by atoms with Crippen LogP contribution in [-0.4, -0.2) is 35.9 Å². The predicted octanol–water partition coefficient (Wildman–Crippen LogP) is 2.68. The van der Waals surface area contributed by atoms with E-state index in [1.165, 1.54) is 5.56 Å². The summed E-state index contributed by atoms with van der Waals surface area (Å²) >= 11 is 0. The minimum atomic E-state index is 0.569. The first-order valence-electron chi connectivity index (χ1n) is 9.01. The van der Waals surface area contributed by atoms with Gasteiger partial charge in [-0.2, -0.15) is 5.10 Å². The fraction of sp³-hybridized carbons (Fsp3) is 0.238. The maximum atomic E-state index is 5.66. The average Bonchev–Trinajstić information content (AvgIpc) is 3.16. The van der Waals surface area contributed by atoms with E-state index in [9.17, 15) is 0 Å². The van der Waals surface area contributed by atoms with Crippen molar-refractivity contribution in [1.29, 1.82) is 0 Å². The van der Waals surface area contributed by atoms with Gasteiger partial charge in [0.25, 0.3) is 0 Å². The minimum absolute atomic E-state index is 0.569. The zero-order chi connectivity index (χ0) is 18.7. The van der Waals surface area contributed by atoms with Crippen LogP contribution in [0.2, 0.25) is 0 Å². The topological polar surface area (TPSA) is 63.5 Å². The first kappa shape index (κ1) is 18.5. The second-order valence-corrected chi connectivity index (χ2v) is 6.05. The Labute approximate surface area is 159 Å². The van der Waals surface area contributed by atoms with Crippen LogP contribution in [0.4, 0.5) is 0 Å². The molecular formula is C21H25N5O. The highest BCUT2D eigenvalue weighted by Crippen LogP contribution is 2.07. The number of guanidine groups is 1. The zero-order valence-corrected chi connectivity index (χ0v) is 15.5. The van der Waals surface area contributed by atoms with Crippen LogP contribution in [-0.2, 0) is 13.1 Å². The Morgan fingerprint density at radius 3 is 2.48 bits per heavy atom. The highest BCUT2D eigenvalue weighted by atomic mass is 16.5. The molecule has 0 unspecified atom stereocenters. The number of aliphatic imine (C=N–C) groups is 1. The summed E-state index contributed by atoms with van der Waals surface area (Å²) < 4.78 is 7.61. The molecule has 3 aromatic rings. The van der Waals surface area contributed by atoms with Crippen molar-refractivity contribution in [1.82, 2.24) is 20.4 Å². The van der Waals surface area contributed by atoms with E-state index in [1.807, 2.05) is 65.6 Å². The van der Waals surface area contributed by atoms with Gasteiger partial charge in [0.15, 0.2) is 5.96 Å². The average molecular weight is 363 g/mol. The van der Waals surface area contributed by atoms with Crippen LogP contribution in [0.25, 0.3) is 0 Å². The number of nitrogens with one attached hydrogen (secondary N) is 2. The van der Waals surface area contributed by atoms with Gasteiger partial charge in [-0.3, -0.25) is 9.67 Å². The van der Waals surface area contributed by atoms with Crippen LogP contribution in [0.1, 0.15) is 11.1 Å². The van der Waals surface area contributed by atoms with Crippen molar-refractivity contribution in [2.24, 2.45) is 4.99 Å². The molecule has 0 atom stereocenters. The van der Waals surface area contributed by atoms with Crippen LogP contribution in [0.5, 0.6) is 5.75 Å². The molecule has 2 aromatic carbocycles. The van der Waals surface area contributed by atoms with Crippen molar-refractivity contribution < 1.29 is 4.74 Å². The summed E-state index contributed by atoms with van der Waals surface area (Å²) in [5.74, 6) is 1.61. The van der Waals surface area contributed by atoms with Crippen molar-refractivity contribution in [2.45, 2.75) is 13.1 Å². The van der Waals surface area contributed by atoms with Gasteiger partial charge in [0.2, 0.25) is 0 Å². The van der Waals surface area contributed by atoms with Crippen LogP contribution in [0.15, 0.2) is 78.0 Å². The third kappa shape index (κ3) is 6.18. The lowest BCUT2D eigenvalue weighted by atomic mass is 10.2. The van der Waals surface area contributed by atoms with E-state index in [-0.39, 0.29) is 0 Å². The molecule has 3 rings (SSSR count). The lowest BCUT2D eigenvalue weighted by Crippen LogP contribution is -2.38. The quantitative estimate of drug-likeness (QED) is 0.367. The molecule has 0 aliphatic carbocycles. The molecule has 0 spiro atoms. The standard InChI is InChI=1S/C21H25N5O/c1-22-21(23-12-13-27-20-10-6-3-7-11-20)24-14-19-15-25-26(17-19)16-18-8-4-2-5-9-18/h2-11,15,17H,12-14,16H2,1H3,(H2,22,23,24). The molecule has 1 heterocycles. The minimum Gasteiger partial charge on any atom is -0.492 e. The Hall–Kier alpha value is -3.28. The lowest BCUT2D eigenvalue weighted by molar-refractivity contribution is 0.322. The molecule has 0 saturated carbocycles. The maximum absolute atomic E-state index is 5.66. The molecule has 0 aliphatic heterocycles. The molecule has 0 bridgehead atoms. The number of nitrogens with zero attached hydrogens (tertiary/aromatic N) is 3. The summed E-state index contributed by atoms with van der Waals surface area (Å²) in [6.07, 6.45) is 3.92. The Morgan fingerprint density at radius 2 is 1.74 bits per heavy atom. The van der Waals surface area contributed by atoms with E-state index in [1.54, 1.807) is 7.05 Å². The molecule has 0 amide bonds. The molecule has 0 radical (unpaired) electrons. The van der Waals surface area contributed by atoms with Gasteiger partial charge in [-0.05, 0) is 17.7 Å². The van der Waals surface area contributed by atoms with Gasteiger partial charge < -0.3 is 15.4 Å². The van der Waals surface area contributed by atoms with Crippen LogP contribution in [0.3, 0.4) is 0 Å². The first-order chi connectivity index (χ1) is 13.3. The molecule has 0 aliphatic rings. The highest BCUT2D eigenvalue weighted by molar-refractivity contribution is 5.79. The van der Waals surface area contributed by atoms with Gasteiger partial charge in [-0.1, -0.05) is 48.5 Å². The fourth-order valence-electron chi connectivity index (χ4n) is 2.62. The molecule has 140 valence electrons. The van der Waals surface area contributed by atoms with Crippen LogP contribution < -0.4 is 15.4 Å². The van der Waals surface area contributed by atoms with Crippen molar-refractivity contribution in [3.8, 4) is 5.75 Å². The smallest absolute Gasteiger partial charge is 0.191 e. The van der Waals surface area contributed by atoms with Gasteiger partial charge in [0.1, 0.15) is 12.4 Å². The molecule has 0 saturated heterocycles. The molecule has 6 nitrogen and oxygen atoms in total. The summed E-state index contributed by atoms with van der Waals surface area (Å²) in [6.45, 7) is 2.67. The SMILES string of the molecule is CN=C(NCCOc1ccccc1)NCc1cnn(Cc2ccccc2)c1. The monoisotopic (exact) mass is 363 g/mol. The van der Waals surface area contributed by atoms with E-state index < -0.39 is 0 Å². The number of hydrogen-bond acceptors (Lipinski definition) is 3. The first-order valence-corrected chi connectivity index (χ1v) is 9.01. The molecule has 0 fully saturated rings. The maximum Gasteiger partial charge on any atom is 0.191 e. The third-order valence-electron chi connectivity index (χ3n) is 3.96. The molecular weight excluding hydrogens is 338 g/mol. The fourth-order valence-corrected chi connectivity index (χ4v) is 2.62. The van der Waals surface area contributed by atoms with Crippen molar-refractivity contribution >= 4 is 5.96 Å². The number of hydrogen-bond donors (Lipinski definition) is 2. The zero-order valence-electron chi connectivity index (χ0n) is 15.5. The summed E-state index contributed by atoms with van der Waals surface area (Å²) in [5, 5.41) is 11.0. The Morgan fingerprint density at radius 1 is 1.00 bits per heavy atom. The Bertz CT molecular complexity index is 830. The Kier molecular flexibility index (Phi) is 6.86. The second-order valence-electron chi connectivity index (χ2n) is 6.05. The Balaban J connectivity index is 1.39. The predicted molar refractivity (Wildman–Crippen MR) is 108 cm³/mol. The normalized spacial score (nSPS) is 11.2. The molecule has 6 heteroatoms. The molecule has 1 aromatic heterocycles. The van der Waals surface area contributed by atoms with Gasteiger partial charge in [-0.25, -0.2) is 0 Å². The number of para-hydroxylation sites is 1. The summed E-state index contributed by atoms with van der Waals surface area (Å²) in [7, 11) is 1.76. The van der Waals surface area contributed by atoms with Crippen molar-refractivity contribution in [2.75, 3.05) is 20.2 Å². The van der Waals surface area contributed by atoms with E-state index in [2.05, 4.69) is 32.9 Å². The molecule has 27 heavy (non-hydrogen) atoms. The van der Waals surface area contributed by atoms with E-state index in [0.717, 1.165) is 23.8 Å². The van der Waals surface area contributed by atoms with E-state index >= 15 is 0 Å². The van der Waals surface area contributed by atoms with Crippen molar-refractivity contribution in [3.05, 3.63) is 84.2 Å². The van der Waals surface area contributed by atoms with Crippen LogP contribution in [0, 0.1) is 0 Å². The third-order valence-corrected chi connectivity index (χ3v) is 3.96. The van der Waals surface area contributed by atoms with E-state index in [4.69, 9.17) is 4.74 Å².